The van der Waals surface area contributed by atoms with Gasteiger partial charge in [-0.1, -0.05) is 18.2 Å². The Bertz CT molecular complexity index is 1260. The number of hydrogen-bond acceptors (Lipinski definition) is 7. The van der Waals surface area contributed by atoms with Gasteiger partial charge in [-0.15, -0.1) is 0 Å². The fourth-order valence-corrected chi connectivity index (χ4v) is 5.55. The summed E-state index contributed by atoms with van der Waals surface area (Å²) in [5.74, 6) is -0.138. The van der Waals surface area contributed by atoms with E-state index in [1.165, 1.54) is 7.11 Å². The highest BCUT2D eigenvalue weighted by atomic mass is 32.2. The molecule has 0 unspecified atom stereocenters. The molecule has 9 nitrogen and oxygen atoms in total. The molecule has 0 atom stereocenters. The van der Waals surface area contributed by atoms with Crippen LogP contribution < -0.4 is 4.74 Å². The predicted octanol–water partition coefficient (Wildman–Crippen LogP) is 1.70. The van der Waals surface area contributed by atoms with E-state index in [9.17, 15) is 13.2 Å². The number of fused-ring (bicyclic) bond motifs is 3. The summed E-state index contributed by atoms with van der Waals surface area (Å²) in [6.45, 7) is 1.76. The first-order valence-electron chi connectivity index (χ1n) is 9.81. The van der Waals surface area contributed by atoms with Gasteiger partial charge in [0.2, 0.25) is 5.88 Å². The molecular formula is C21H20N4O5S. The molecule has 1 aromatic carbocycles. The molecule has 1 fully saturated rings. The van der Waals surface area contributed by atoms with Crippen molar-refractivity contribution in [3.05, 3.63) is 53.9 Å². The van der Waals surface area contributed by atoms with E-state index in [4.69, 9.17) is 9.47 Å². The summed E-state index contributed by atoms with van der Waals surface area (Å²) in [7, 11) is -2.08. The topological polar surface area (TPSA) is 104 Å². The van der Waals surface area contributed by atoms with Gasteiger partial charge in [0.25, 0.3) is 5.91 Å². The zero-order chi connectivity index (χ0) is 21.6. The highest BCUT2D eigenvalue weighted by molar-refractivity contribution is 7.90. The quantitative estimate of drug-likeness (QED) is 0.611. The summed E-state index contributed by atoms with van der Waals surface area (Å²) >= 11 is 0. The number of morpholine rings is 1. The second kappa shape index (κ2) is 7.47. The minimum Gasteiger partial charge on any atom is -0.481 e. The summed E-state index contributed by atoms with van der Waals surface area (Å²) in [4.78, 5) is 19.4. The molecule has 0 spiro atoms. The van der Waals surface area contributed by atoms with Crippen molar-refractivity contribution >= 4 is 15.7 Å². The lowest BCUT2D eigenvalue weighted by Crippen LogP contribution is -2.41. The van der Waals surface area contributed by atoms with Crippen molar-refractivity contribution in [2.45, 2.75) is 10.6 Å². The van der Waals surface area contributed by atoms with Gasteiger partial charge < -0.3 is 14.4 Å². The maximum atomic E-state index is 13.3. The smallest absolute Gasteiger partial charge is 0.274 e. The molecule has 1 saturated heterocycles. The first-order chi connectivity index (χ1) is 15.0. The van der Waals surface area contributed by atoms with Crippen LogP contribution in [0.15, 0.2) is 47.5 Å². The largest absolute Gasteiger partial charge is 0.481 e. The Kier molecular flexibility index (Phi) is 4.75. The Morgan fingerprint density at radius 1 is 1.13 bits per heavy atom. The van der Waals surface area contributed by atoms with E-state index in [0.717, 1.165) is 0 Å². The molecule has 0 N–H and O–H groups in total. The van der Waals surface area contributed by atoms with Crippen LogP contribution in [0.5, 0.6) is 5.88 Å². The number of carbonyl (C=O) groups is 1. The van der Waals surface area contributed by atoms with Crippen LogP contribution in [0.2, 0.25) is 0 Å². The van der Waals surface area contributed by atoms with Crippen molar-refractivity contribution in [3.63, 3.8) is 0 Å². The second-order valence-electron chi connectivity index (χ2n) is 7.31. The van der Waals surface area contributed by atoms with Gasteiger partial charge in [0.1, 0.15) is 0 Å². The SMILES string of the molecule is COc1ccc(-n2nc(C(=O)N3CCOCC3)c3c2-c2ccccc2S(=O)(=O)C3)cn1. The molecule has 5 rings (SSSR count). The molecule has 2 aromatic heterocycles. The monoisotopic (exact) mass is 440 g/mol. The number of nitrogens with zero attached hydrogens (tertiary/aromatic N) is 4. The van der Waals surface area contributed by atoms with Gasteiger partial charge in [0.15, 0.2) is 15.5 Å². The number of benzene rings is 1. The van der Waals surface area contributed by atoms with E-state index in [2.05, 4.69) is 10.1 Å². The number of carbonyl (C=O) groups excluding carboxylic acids is 1. The molecule has 2 aliphatic rings. The van der Waals surface area contributed by atoms with Crippen LogP contribution in [-0.2, 0) is 20.3 Å². The fraction of sp³-hybridized carbons (Fsp3) is 0.286. The van der Waals surface area contributed by atoms with Crippen molar-refractivity contribution in [1.29, 1.82) is 0 Å². The first kappa shape index (κ1) is 19.7. The third-order valence-electron chi connectivity index (χ3n) is 5.47. The van der Waals surface area contributed by atoms with Crippen LogP contribution >= 0.6 is 0 Å². The van der Waals surface area contributed by atoms with Gasteiger partial charge >= 0.3 is 0 Å². The number of aromatic nitrogens is 3. The number of ether oxygens (including phenoxy) is 2. The van der Waals surface area contributed by atoms with E-state index >= 15 is 0 Å². The fourth-order valence-electron chi connectivity index (χ4n) is 3.96. The average molecular weight is 440 g/mol. The number of amides is 1. The minimum absolute atomic E-state index is 0.144. The van der Waals surface area contributed by atoms with E-state index in [1.807, 2.05) is 0 Å². The highest BCUT2D eigenvalue weighted by Gasteiger charge is 2.37. The zero-order valence-electron chi connectivity index (χ0n) is 16.8. The maximum absolute atomic E-state index is 13.3. The summed E-state index contributed by atoms with van der Waals surface area (Å²) in [6.07, 6.45) is 1.58. The molecule has 0 saturated carbocycles. The van der Waals surface area contributed by atoms with E-state index < -0.39 is 9.84 Å². The molecule has 0 aliphatic carbocycles. The van der Waals surface area contributed by atoms with Gasteiger partial charge in [-0.2, -0.15) is 5.10 Å². The van der Waals surface area contributed by atoms with Crippen LogP contribution in [0, 0.1) is 0 Å². The van der Waals surface area contributed by atoms with Gasteiger partial charge in [0.05, 0.1) is 48.6 Å². The van der Waals surface area contributed by atoms with Crippen LogP contribution in [-0.4, -0.2) is 67.4 Å². The van der Waals surface area contributed by atoms with Crippen molar-refractivity contribution in [2.24, 2.45) is 0 Å². The van der Waals surface area contributed by atoms with Crippen molar-refractivity contribution < 1.29 is 22.7 Å². The number of sulfone groups is 1. The second-order valence-corrected chi connectivity index (χ2v) is 9.26. The van der Waals surface area contributed by atoms with Crippen LogP contribution in [0.1, 0.15) is 16.1 Å². The third kappa shape index (κ3) is 3.28. The molecule has 1 amide bonds. The Labute approximate surface area is 179 Å². The highest BCUT2D eigenvalue weighted by Crippen LogP contribution is 2.40. The predicted molar refractivity (Wildman–Crippen MR) is 111 cm³/mol. The Balaban J connectivity index is 1.73. The lowest BCUT2D eigenvalue weighted by Gasteiger charge is -2.26. The van der Waals surface area contributed by atoms with Crippen LogP contribution in [0.4, 0.5) is 0 Å². The lowest BCUT2D eigenvalue weighted by molar-refractivity contribution is 0.0298. The van der Waals surface area contributed by atoms with Gasteiger partial charge in [0, 0.05) is 30.3 Å². The summed E-state index contributed by atoms with van der Waals surface area (Å²) < 4.78 is 38.1. The molecule has 0 bridgehead atoms. The molecule has 0 radical (unpaired) electrons. The zero-order valence-corrected chi connectivity index (χ0v) is 17.6. The molecule has 10 heteroatoms. The van der Waals surface area contributed by atoms with E-state index in [0.29, 0.717) is 54.7 Å². The van der Waals surface area contributed by atoms with Gasteiger partial charge in [-0.25, -0.2) is 18.1 Å². The summed E-state index contributed by atoms with van der Waals surface area (Å²) in [5.41, 5.74) is 2.27. The molecular weight excluding hydrogens is 420 g/mol. The van der Waals surface area contributed by atoms with Crippen molar-refractivity contribution in [3.8, 4) is 22.8 Å². The molecule has 3 aromatic rings. The molecule has 31 heavy (non-hydrogen) atoms. The number of pyridine rings is 1. The van der Waals surface area contributed by atoms with Crippen LogP contribution in [0.3, 0.4) is 0 Å². The minimum atomic E-state index is -3.61. The molecule has 4 heterocycles. The molecule has 2 aliphatic heterocycles. The summed E-state index contributed by atoms with van der Waals surface area (Å²) in [5, 5.41) is 4.60. The number of methoxy groups -OCH3 is 1. The molecule has 160 valence electrons. The maximum Gasteiger partial charge on any atom is 0.274 e. The number of hydrogen-bond donors (Lipinski definition) is 0. The van der Waals surface area contributed by atoms with Crippen LogP contribution in [0.25, 0.3) is 16.9 Å². The van der Waals surface area contributed by atoms with Crippen molar-refractivity contribution in [1.82, 2.24) is 19.7 Å². The van der Waals surface area contributed by atoms with E-state index in [-0.39, 0.29) is 22.2 Å². The normalized spacial score (nSPS) is 17.0. The van der Waals surface area contributed by atoms with Gasteiger partial charge in [-0.3, -0.25) is 4.79 Å². The number of rotatable bonds is 3. The van der Waals surface area contributed by atoms with Crippen molar-refractivity contribution in [2.75, 3.05) is 33.4 Å². The Hall–Kier alpha value is -3.24. The lowest BCUT2D eigenvalue weighted by atomic mass is 10.0. The standard InChI is InChI=1S/C21H20N4O5S/c1-29-18-7-6-14(12-22-18)25-20-15-4-2-3-5-17(15)31(27,28)13-16(20)19(23-25)21(26)24-8-10-30-11-9-24/h2-7,12H,8-11,13H2,1H3. The Morgan fingerprint density at radius 2 is 1.90 bits per heavy atom. The summed E-state index contributed by atoms with van der Waals surface area (Å²) in [6, 6.07) is 10.3. The Morgan fingerprint density at radius 3 is 2.61 bits per heavy atom. The third-order valence-corrected chi connectivity index (χ3v) is 7.17. The van der Waals surface area contributed by atoms with Gasteiger partial charge in [-0.05, 0) is 12.1 Å². The van der Waals surface area contributed by atoms with E-state index in [1.54, 1.807) is 52.2 Å². The first-order valence-corrected chi connectivity index (χ1v) is 11.5. The average Bonchev–Trinajstić information content (AvgIpc) is 3.18.